The van der Waals surface area contributed by atoms with Crippen LogP contribution in [0.5, 0.6) is 0 Å². The minimum absolute atomic E-state index is 0.0448. The molecule has 0 unspecified atom stereocenters. The van der Waals surface area contributed by atoms with Crippen LogP contribution in [-0.2, 0) is 6.54 Å². The standard InChI is InChI=1S/C24H19N3O4/c1-15-9-11-17(12-10-15)21(28)25-26-22(29)18-6-4-5-16(13-18)14-27-23(30)19-7-2-3-8-20(19)24(27)31/h2-13H,14H2,1H3,(H,25,28)(H,26,29). The maximum atomic E-state index is 12.5. The summed E-state index contributed by atoms with van der Waals surface area (Å²) < 4.78 is 0. The molecule has 0 fully saturated rings. The molecule has 4 amide bonds. The minimum atomic E-state index is -0.510. The molecule has 0 saturated heterocycles. The fraction of sp³-hybridized carbons (Fsp3) is 0.0833. The van der Waals surface area contributed by atoms with E-state index in [1.165, 1.54) is 0 Å². The Hall–Kier alpha value is -4.26. The summed E-state index contributed by atoms with van der Waals surface area (Å²) in [5.74, 6) is -1.66. The first-order valence-electron chi connectivity index (χ1n) is 9.65. The summed E-state index contributed by atoms with van der Waals surface area (Å²) in [4.78, 5) is 50.9. The predicted molar refractivity (Wildman–Crippen MR) is 113 cm³/mol. The Labute approximate surface area is 178 Å². The van der Waals surface area contributed by atoms with Gasteiger partial charge in [-0.15, -0.1) is 0 Å². The topological polar surface area (TPSA) is 95.6 Å². The molecule has 0 bridgehead atoms. The maximum absolute atomic E-state index is 12.5. The number of hydrogen-bond donors (Lipinski definition) is 2. The van der Waals surface area contributed by atoms with Crippen molar-refractivity contribution in [3.05, 3.63) is 106 Å². The molecule has 0 saturated carbocycles. The van der Waals surface area contributed by atoms with Gasteiger partial charge < -0.3 is 0 Å². The molecule has 154 valence electrons. The Morgan fingerprint density at radius 1 is 0.742 bits per heavy atom. The summed E-state index contributed by atoms with van der Waals surface area (Å²) in [5.41, 5.74) is 7.86. The number of aryl methyl sites for hydroxylation is 1. The van der Waals surface area contributed by atoms with Gasteiger partial charge in [-0.25, -0.2) is 0 Å². The van der Waals surface area contributed by atoms with Gasteiger partial charge in [0.2, 0.25) is 0 Å². The van der Waals surface area contributed by atoms with Crippen LogP contribution in [0.2, 0.25) is 0 Å². The molecule has 7 heteroatoms. The number of nitrogens with one attached hydrogen (secondary N) is 2. The highest BCUT2D eigenvalue weighted by Gasteiger charge is 2.34. The van der Waals surface area contributed by atoms with E-state index in [1.54, 1.807) is 72.8 Å². The molecule has 0 spiro atoms. The molecule has 2 N–H and O–H groups in total. The second-order valence-electron chi connectivity index (χ2n) is 7.22. The SMILES string of the molecule is Cc1ccc(C(=O)NNC(=O)c2cccc(CN3C(=O)c4ccccc4C3=O)c2)cc1. The van der Waals surface area contributed by atoms with Gasteiger partial charge in [0, 0.05) is 11.1 Å². The van der Waals surface area contributed by atoms with Crippen LogP contribution in [0.4, 0.5) is 0 Å². The molecular formula is C24H19N3O4. The van der Waals surface area contributed by atoms with Gasteiger partial charge in [-0.3, -0.25) is 34.9 Å². The summed E-state index contributed by atoms with van der Waals surface area (Å²) in [6.07, 6.45) is 0. The van der Waals surface area contributed by atoms with Gasteiger partial charge in [-0.2, -0.15) is 0 Å². The lowest BCUT2D eigenvalue weighted by Crippen LogP contribution is -2.41. The fourth-order valence-electron chi connectivity index (χ4n) is 3.34. The molecular weight excluding hydrogens is 394 g/mol. The van der Waals surface area contributed by atoms with E-state index in [2.05, 4.69) is 10.9 Å². The van der Waals surface area contributed by atoms with E-state index in [4.69, 9.17) is 0 Å². The third kappa shape index (κ3) is 4.06. The van der Waals surface area contributed by atoms with E-state index >= 15 is 0 Å². The van der Waals surface area contributed by atoms with Gasteiger partial charge in [0.1, 0.15) is 0 Å². The van der Waals surface area contributed by atoms with Crippen LogP contribution in [0.1, 0.15) is 52.6 Å². The van der Waals surface area contributed by atoms with Crippen molar-refractivity contribution in [3.63, 3.8) is 0 Å². The number of carbonyl (C=O) groups excluding carboxylic acids is 4. The molecule has 31 heavy (non-hydrogen) atoms. The van der Waals surface area contributed by atoms with E-state index in [0.29, 0.717) is 27.8 Å². The lowest BCUT2D eigenvalue weighted by molar-refractivity contribution is 0.0642. The van der Waals surface area contributed by atoms with Crippen molar-refractivity contribution in [2.24, 2.45) is 0 Å². The van der Waals surface area contributed by atoms with Gasteiger partial charge in [-0.05, 0) is 48.9 Å². The number of rotatable bonds is 4. The molecule has 7 nitrogen and oxygen atoms in total. The molecule has 0 radical (unpaired) electrons. The minimum Gasteiger partial charge on any atom is -0.270 e. The van der Waals surface area contributed by atoms with Crippen molar-refractivity contribution in [1.29, 1.82) is 0 Å². The van der Waals surface area contributed by atoms with Crippen LogP contribution in [0, 0.1) is 6.92 Å². The van der Waals surface area contributed by atoms with Crippen molar-refractivity contribution in [2.75, 3.05) is 0 Å². The van der Waals surface area contributed by atoms with E-state index in [9.17, 15) is 19.2 Å². The third-order valence-corrected chi connectivity index (χ3v) is 5.01. The molecule has 3 aromatic carbocycles. The highest BCUT2D eigenvalue weighted by atomic mass is 16.2. The van der Waals surface area contributed by atoms with Gasteiger partial charge in [0.15, 0.2) is 0 Å². The average molecular weight is 413 g/mol. The number of hydrogen-bond acceptors (Lipinski definition) is 4. The van der Waals surface area contributed by atoms with Crippen LogP contribution in [0.15, 0.2) is 72.8 Å². The summed E-state index contributed by atoms with van der Waals surface area (Å²) in [6.45, 7) is 1.96. The Morgan fingerprint density at radius 3 is 1.94 bits per heavy atom. The lowest BCUT2D eigenvalue weighted by Gasteiger charge is -2.14. The molecule has 1 heterocycles. The zero-order valence-corrected chi connectivity index (χ0v) is 16.7. The molecule has 3 aromatic rings. The lowest BCUT2D eigenvalue weighted by atomic mass is 10.1. The third-order valence-electron chi connectivity index (χ3n) is 5.01. The number of amides is 4. The molecule has 1 aliphatic rings. The number of nitrogens with zero attached hydrogens (tertiary/aromatic N) is 1. The molecule has 0 aromatic heterocycles. The summed E-state index contributed by atoms with van der Waals surface area (Å²) in [7, 11) is 0. The van der Waals surface area contributed by atoms with Crippen LogP contribution in [0.25, 0.3) is 0 Å². The first-order chi connectivity index (χ1) is 14.9. The van der Waals surface area contributed by atoms with Crippen molar-refractivity contribution in [1.82, 2.24) is 15.8 Å². The highest BCUT2D eigenvalue weighted by Crippen LogP contribution is 2.24. The fourth-order valence-corrected chi connectivity index (χ4v) is 3.34. The highest BCUT2D eigenvalue weighted by molar-refractivity contribution is 6.21. The first-order valence-corrected chi connectivity index (χ1v) is 9.65. The summed E-state index contributed by atoms with van der Waals surface area (Å²) in [5, 5.41) is 0. The Bertz CT molecular complexity index is 1170. The smallest absolute Gasteiger partial charge is 0.269 e. The zero-order chi connectivity index (χ0) is 22.0. The Balaban J connectivity index is 1.42. The molecule has 4 rings (SSSR count). The van der Waals surface area contributed by atoms with E-state index in [-0.39, 0.29) is 18.4 Å². The van der Waals surface area contributed by atoms with Gasteiger partial charge >= 0.3 is 0 Å². The number of fused-ring (bicyclic) bond motifs is 1. The summed E-state index contributed by atoms with van der Waals surface area (Å²) >= 11 is 0. The molecule has 0 atom stereocenters. The summed E-state index contributed by atoms with van der Waals surface area (Å²) in [6, 6.07) is 20.2. The van der Waals surface area contributed by atoms with Crippen LogP contribution in [-0.4, -0.2) is 28.5 Å². The maximum Gasteiger partial charge on any atom is 0.269 e. The van der Waals surface area contributed by atoms with Crippen molar-refractivity contribution >= 4 is 23.6 Å². The van der Waals surface area contributed by atoms with Crippen LogP contribution in [0.3, 0.4) is 0 Å². The van der Waals surface area contributed by atoms with Gasteiger partial charge in [-0.1, -0.05) is 42.0 Å². The monoisotopic (exact) mass is 413 g/mol. The Morgan fingerprint density at radius 2 is 1.32 bits per heavy atom. The van der Waals surface area contributed by atoms with Crippen molar-refractivity contribution in [2.45, 2.75) is 13.5 Å². The van der Waals surface area contributed by atoms with Crippen LogP contribution >= 0.6 is 0 Å². The number of carbonyl (C=O) groups is 4. The quantitative estimate of drug-likeness (QED) is 0.508. The number of benzene rings is 3. The molecule has 1 aliphatic heterocycles. The average Bonchev–Trinajstić information content (AvgIpc) is 3.03. The normalized spacial score (nSPS) is 12.5. The van der Waals surface area contributed by atoms with Crippen molar-refractivity contribution < 1.29 is 19.2 Å². The number of hydrazine groups is 1. The first kappa shape index (κ1) is 20.0. The Kier molecular flexibility index (Phi) is 5.32. The molecule has 0 aliphatic carbocycles. The second kappa shape index (κ2) is 8.23. The van der Waals surface area contributed by atoms with E-state index < -0.39 is 11.8 Å². The van der Waals surface area contributed by atoms with Gasteiger partial charge in [0.25, 0.3) is 23.6 Å². The van der Waals surface area contributed by atoms with E-state index in [1.807, 2.05) is 6.92 Å². The largest absolute Gasteiger partial charge is 0.270 e. The van der Waals surface area contributed by atoms with Crippen LogP contribution < -0.4 is 10.9 Å². The van der Waals surface area contributed by atoms with E-state index in [0.717, 1.165) is 10.5 Å². The van der Waals surface area contributed by atoms with Gasteiger partial charge in [0.05, 0.1) is 17.7 Å². The predicted octanol–water partition coefficient (Wildman–Crippen LogP) is 2.87. The second-order valence-corrected chi connectivity index (χ2v) is 7.22. The number of imide groups is 1. The van der Waals surface area contributed by atoms with Crippen molar-refractivity contribution in [3.8, 4) is 0 Å². The zero-order valence-electron chi connectivity index (χ0n) is 16.7.